The van der Waals surface area contributed by atoms with Crippen LogP contribution >= 0.6 is 0 Å². The summed E-state index contributed by atoms with van der Waals surface area (Å²) in [6, 6.07) is 4.68. The minimum atomic E-state index is -0.261. The van der Waals surface area contributed by atoms with Gasteiger partial charge in [0, 0.05) is 27.6 Å². The molecule has 1 aromatic carbocycles. The van der Waals surface area contributed by atoms with Crippen LogP contribution in [0.5, 0.6) is 0 Å². The molecule has 114 valence electrons. The summed E-state index contributed by atoms with van der Waals surface area (Å²) >= 11 is 0. The van der Waals surface area contributed by atoms with Gasteiger partial charge < -0.3 is 4.74 Å². The highest BCUT2D eigenvalue weighted by molar-refractivity contribution is 5.95. The molecule has 1 aliphatic heterocycles. The lowest BCUT2D eigenvalue weighted by Gasteiger charge is -2.20. The van der Waals surface area contributed by atoms with Gasteiger partial charge in [0.05, 0.1) is 26.3 Å². The molecule has 1 amide bonds. The Morgan fingerprint density at radius 1 is 1.32 bits per heavy atom. The predicted molar refractivity (Wildman–Crippen MR) is 78.0 cm³/mol. The lowest BCUT2D eigenvalue weighted by Crippen LogP contribution is -2.43. The molecule has 1 saturated heterocycles. The van der Waals surface area contributed by atoms with Crippen LogP contribution in [0.15, 0.2) is 28.4 Å². The maximum atomic E-state index is 12.5. The first-order valence-electron chi connectivity index (χ1n) is 6.57. The van der Waals surface area contributed by atoms with Crippen LogP contribution in [-0.4, -0.2) is 37.2 Å². The van der Waals surface area contributed by atoms with E-state index in [4.69, 9.17) is 15.8 Å². The number of carbonyl (C=O) groups is 1. The number of ether oxygens (including phenoxy) is 1. The molecule has 0 atom stereocenters. The van der Waals surface area contributed by atoms with E-state index in [1.807, 2.05) is 0 Å². The van der Waals surface area contributed by atoms with Crippen LogP contribution in [0.25, 0.3) is 20.9 Å². The Balaban J connectivity index is 2.30. The number of rotatable bonds is 4. The number of benzene rings is 1. The lowest BCUT2D eigenvalue weighted by molar-refractivity contribution is 0.0660. The molecule has 10 nitrogen and oxygen atoms in total. The number of carbonyl (C=O) groups excluding carboxylic acids is 1. The SMILES string of the molecule is [N-]=[N+]=NCc1cc(N=[N+]=[N-])cc(C(=O)N2CCOCCN2)c1. The smallest absolute Gasteiger partial charge is 0.268 e. The zero-order valence-electron chi connectivity index (χ0n) is 11.7. The van der Waals surface area contributed by atoms with E-state index in [-0.39, 0.29) is 12.5 Å². The zero-order chi connectivity index (χ0) is 15.8. The van der Waals surface area contributed by atoms with Crippen LogP contribution < -0.4 is 5.43 Å². The fourth-order valence-electron chi connectivity index (χ4n) is 2.03. The molecule has 10 heteroatoms. The maximum Gasteiger partial charge on any atom is 0.268 e. The average Bonchev–Trinajstić information content (AvgIpc) is 2.81. The van der Waals surface area contributed by atoms with Crippen LogP contribution in [-0.2, 0) is 11.3 Å². The average molecular weight is 302 g/mol. The van der Waals surface area contributed by atoms with Crippen molar-refractivity contribution in [3.63, 3.8) is 0 Å². The second-order valence-electron chi connectivity index (χ2n) is 4.44. The van der Waals surface area contributed by atoms with E-state index in [0.717, 1.165) is 0 Å². The maximum absolute atomic E-state index is 12.5. The Bertz CT molecular complexity index is 641. The highest BCUT2D eigenvalue weighted by atomic mass is 16.5. The van der Waals surface area contributed by atoms with Crippen molar-refractivity contribution in [2.24, 2.45) is 10.2 Å². The number of azide groups is 2. The molecule has 1 aliphatic rings. The number of hydrogen-bond donors (Lipinski definition) is 1. The Labute approximate surface area is 125 Å². The Kier molecular flexibility index (Phi) is 5.58. The first-order valence-corrected chi connectivity index (χ1v) is 6.57. The molecule has 0 aliphatic carbocycles. The standard InChI is InChI=1S/C12H14N8O2/c13-18-15-8-9-5-10(7-11(6-9)17-19-14)12(21)20-2-4-22-3-1-16-20/h5-7,16H,1-4,8H2. The van der Waals surface area contributed by atoms with Gasteiger partial charge in [-0.15, -0.1) is 0 Å². The van der Waals surface area contributed by atoms with Gasteiger partial charge in [-0.2, -0.15) is 0 Å². The topological polar surface area (TPSA) is 139 Å². The summed E-state index contributed by atoms with van der Waals surface area (Å²) in [7, 11) is 0. The Morgan fingerprint density at radius 3 is 2.95 bits per heavy atom. The molecule has 1 heterocycles. The third kappa shape index (κ3) is 4.11. The van der Waals surface area contributed by atoms with Crippen molar-refractivity contribution in [1.29, 1.82) is 0 Å². The van der Waals surface area contributed by atoms with E-state index in [2.05, 4.69) is 25.5 Å². The summed E-state index contributed by atoms with van der Waals surface area (Å²) in [4.78, 5) is 17.9. The summed E-state index contributed by atoms with van der Waals surface area (Å²) < 4.78 is 5.27. The van der Waals surface area contributed by atoms with Crippen LogP contribution in [0.1, 0.15) is 15.9 Å². The van der Waals surface area contributed by atoms with Gasteiger partial charge in [0.2, 0.25) is 0 Å². The van der Waals surface area contributed by atoms with Crippen molar-refractivity contribution in [1.82, 2.24) is 10.4 Å². The van der Waals surface area contributed by atoms with Gasteiger partial charge >= 0.3 is 0 Å². The molecular formula is C12H14N8O2. The molecule has 0 aromatic heterocycles. The van der Waals surface area contributed by atoms with Gasteiger partial charge in [0.1, 0.15) is 0 Å². The molecule has 22 heavy (non-hydrogen) atoms. The van der Waals surface area contributed by atoms with Gasteiger partial charge in [-0.3, -0.25) is 9.80 Å². The van der Waals surface area contributed by atoms with Crippen LogP contribution in [0.3, 0.4) is 0 Å². The summed E-state index contributed by atoms with van der Waals surface area (Å²) in [6.45, 7) is 2.00. The highest BCUT2D eigenvalue weighted by Gasteiger charge is 2.18. The van der Waals surface area contributed by atoms with E-state index >= 15 is 0 Å². The summed E-state index contributed by atoms with van der Waals surface area (Å²) in [5.74, 6) is -0.261. The molecule has 1 fully saturated rings. The van der Waals surface area contributed by atoms with Crippen molar-refractivity contribution in [2.75, 3.05) is 26.3 Å². The van der Waals surface area contributed by atoms with Gasteiger partial charge in [0.25, 0.3) is 5.91 Å². The van der Waals surface area contributed by atoms with Gasteiger partial charge in [0.15, 0.2) is 0 Å². The van der Waals surface area contributed by atoms with Crippen molar-refractivity contribution in [2.45, 2.75) is 6.54 Å². The molecule has 0 bridgehead atoms. The van der Waals surface area contributed by atoms with E-state index in [9.17, 15) is 4.79 Å². The first-order chi connectivity index (χ1) is 10.7. The molecule has 1 aromatic rings. The third-order valence-corrected chi connectivity index (χ3v) is 2.95. The quantitative estimate of drug-likeness (QED) is 0.518. The number of hydrazine groups is 1. The van der Waals surface area contributed by atoms with Crippen LogP contribution in [0.4, 0.5) is 5.69 Å². The van der Waals surface area contributed by atoms with Crippen molar-refractivity contribution < 1.29 is 9.53 Å². The van der Waals surface area contributed by atoms with Gasteiger partial charge in [-0.1, -0.05) is 10.2 Å². The minimum Gasteiger partial charge on any atom is -0.378 e. The van der Waals surface area contributed by atoms with Gasteiger partial charge in [-0.05, 0) is 34.8 Å². The summed E-state index contributed by atoms with van der Waals surface area (Å²) in [5.41, 5.74) is 21.2. The van der Waals surface area contributed by atoms with Crippen molar-refractivity contribution in [3.05, 3.63) is 50.2 Å². The molecule has 2 rings (SSSR count). The Morgan fingerprint density at radius 2 is 2.18 bits per heavy atom. The number of nitrogens with one attached hydrogen (secondary N) is 1. The highest BCUT2D eigenvalue weighted by Crippen LogP contribution is 2.20. The molecule has 0 unspecified atom stereocenters. The summed E-state index contributed by atoms with van der Waals surface area (Å²) in [6.07, 6.45) is 0. The van der Waals surface area contributed by atoms with E-state index < -0.39 is 0 Å². The Hall–Kier alpha value is -2.77. The molecule has 0 spiro atoms. The van der Waals surface area contributed by atoms with E-state index in [1.165, 1.54) is 11.1 Å². The largest absolute Gasteiger partial charge is 0.378 e. The minimum absolute atomic E-state index is 0.0715. The van der Waals surface area contributed by atoms with Crippen molar-refractivity contribution >= 4 is 11.6 Å². The fourth-order valence-corrected chi connectivity index (χ4v) is 2.03. The summed E-state index contributed by atoms with van der Waals surface area (Å²) in [5, 5.41) is 8.43. The number of hydrogen-bond acceptors (Lipinski definition) is 5. The molecule has 0 saturated carbocycles. The second kappa shape index (κ2) is 7.87. The van der Waals surface area contributed by atoms with Crippen LogP contribution in [0.2, 0.25) is 0 Å². The predicted octanol–water partition coefficient (Wildman–Crippen LogP) is 2.42. The normalized spacial score (nSPS) is 14.5. The third-order valence-electron chi connectivity index (χ3n) is 2.95. The van der Waals surface area contributed by atoms with Crippen LogP contribution in [0, 0.1) is 0 Å². The number of amides is 1. The number of nitrogens with zero attached hydrogens (tertiary/aromatic N) is 7. The zero-order valence-corrected chi connectivity index (χ0v) is 11.7. The van der Waals surface area contributed by atoms with Crippen molar-refractivity contribution in [3.8, 4) is 0 Å². The second-order valence-corrected chi connectivity index (χ2v) is 4.44. The van der Waals surface area contributed by atoms with Gasteiger partial charge in [-0.25, -0.2) is 5.43 Å². The van der Waals surface area contributed by atoms with E-state index in [0.29, 0.717) is 43.1 Å². The molecule has 0 radical (unpaired) electrons. The van der Waals surface area contributed by atoms with E-state index in [1.54, 1.807) is 12.1 Å². The fraction of sp³-hybridized carbons (Fsp3) is 0.417. The molecule has 1 N–H and O–H groups in total. The first kappa shape index (κ1) is 15.6. The monoisotopic (exact) mass is 302 g/mol. The lowest BCUT2D eigenvalue weighted by atomic mass is 10.1. The molecular weight excluding hydrogens is 288 g/mol.